The highest BCUT2D eigenvalue weighted by molar-refractivity contribution is 7.17. The van der Waals surface area contributed by atoms with Crippen LogP contribution >= 0.6 is 11.3 Å². The summed E-state index contributed by atoms with van der Waals surface area (Å²) in [5.41, 5.74) is 2.43. The Morgan fingerprint density at radius 1 is 1.18 bits per heavy atom. The molecular weight excluding hydrogens is 292 g/mol. The molecule has 1 aromatic heterocycles. The summed E-state index contributed by atoms with van der Waals surface area (Å²) in [5, 5.41) is 6.71. The summed E-state index contributed by atoms with van der Waals surface area (Å²) >= 11 is 1.58. The Morgan fingerprint density at radius 3 is 2.68 bits per heavy atom. The van der Waals surface area contributed by atoms with E-state index in [-0.39, 0.29) is 5.91 Å². The Morgan fingerprint density at radius 2 is 2.00 bits per heavy atom. The molecule has 3 unspecified atom stereocenters. The molecule has 1 saturated carbocycles. The quantitative estimate of drug-likeness (QED) is 0.914. The number of amides is 1. The zero-order valence-electron chi connectivity index (χ0n) is 12.6. The van der Waals surface area contributed by atoms with Gasteiger partial charge in [0.1, 0.15) is 0 Å². The van der Waals surface area contributed by atoms with Gasteiger partial charge in [0.2, 0.25) is 0 Å². The Balaban J connectivity index is 1.46. The number of rotatable bonds is 3. The molecule has 1 aliphatic carbocycles. The molecule has 1 aromatic carbocycles. The highest BCUT2D eigenvalue weighted by Gasteiger charge is 2.40. The first-order valence-electron chi connectivity index (χ1n) is 7.90. The number of benzene rings is 1. The predicted molar refractivity (Wildman–Crippen MR) is 90.3 cm³/mol. The molecular formula is C18H20N2OS. The molecule has 114 valence electrons. The molecule has 0 spiro atoms. The maximum atomic E-state index is 12.5. The molecule has 2 aromatic rings. The van der Waals surface area contributed by atoms with Gasteiger partial charge in [-0.2, -0.15) is 0 Å². The normalized spacial score (nSPS) is 26.3. The maximum absolute atomic E-state index is 12.5. The number of aryl methyl sites for hydroxylation is 1. The minimum absolute atomic E-state index is 0.0842. The van der Waals surface area contributed by atoms with Gasteiger partial charge in [-0.1, -0.05) is 29.8 Å². The standard InChI is InChI=1S/C18H20N2OS/c1-11-2-4-12(5-3-11)16-6-7-17(22-16)18(21)20-15-9-14-8-13(15)10-19-14/h2-7,13-15,19H,8-10H2,1H3,(H,20,21). The van der Waals surface area contributed by atoms with Gasteiger partial charge in [-0.05, 0) is 43.4 Å². The first kappa shape index (κ1) is 14.0. The number of carbonyl (C=O) groups is 1. The van der Waals surface area contributed by atoms with Gasteiger partial charge in [0.25, 0.3) is 5.91 Å². The lowest BCUT2D eigenvalue weighted by Crippen LogP contribution is -2.43. The molecule has 2 aliphatic rings. The van der Waals surface area contributed by atoms with Crippen LogP contribution < -0.4 is 10.6 Å². The van der Waals surface area contributed by atoms with Gasteiger partial charge in [-0.3, -0.25) is 4.79 Å². The van der Waals surface area contributed by atoms with Crippen LogP contribution in [-0.4, -0.2) is 24.5 Å². The molecule has 1 aliphatic heterocycles. The monoisotopic (exact) mass is 312 g/mol. The Labute approximate surface area is 134 Å². The van der Waals surface area contributed by atoms with Gasteiger partial charge in [-0.25, -0.2) is 0 Å². The minimum atomic E-state index is 0.0842. The fraction of sp³-hybridized carbons (Fsp3) is 0.389. The smallest absolute Gasteiger partial charge is 0.261 e. The lowest BCUT2D eigenvalue weighted by molar-refractivity contribution is 0.0929. The predicted octanol–water partition coefficient (Wildman–Crippen LogP) is 3.20. The maximum Gasteiger partial charge on any atom is 0.261 e. The van der Waals surface area contributed by atoms with Crippen molar-refractivity contribution in [2.45, 2.75) is 31.8 Å². The average Bonchev–Trinajstić information content (AvgIpc) is 3.24. The highest BCUT2D eigenvalue weighted by atomic mass is 32.1. The van der Waals surface area contributed by atoms with Crippen LogP contribution in [0.1, 0.15) is 28.1 Å². The first-order chi connectivity index (χ1) is 10.7. The molecule has 4 rings (SSSR count). The minimum Gasteiger partial charge on any atom is -0.348 e. The molecule has 1 saturated heterocycles. The molecule has 2 heterocycles. The lowest BCUT2D eigenvalue weighted by atomic mass is 10.0. The van der Waals surface area contributed by atoms with Crippen molar-refractivity contribution in [3.8, 4) is 10.4 Å². The third-order valence-corrected chi connectivity index (χ3v) is 5.98. The number of nitrogens with one attached hydrogen (secondary N) is 2. The second-order valence-corrected chi connectivity index (χ2v) is 7.53. The van der Waals surface area contributed by atoms with Gasteiger partial charge in [0.15, 0.2) is 0 Å². The topological polar surface area (TPSA) is 41.1 Å². The summed E-state index contributed by atoms with van der Waals surface area (Å²) in [6, 6.07) is 13.4. The van der Waals surface area contributed by atoms with Crippen LogP contribution in [0.5, 0.6) is 0 Å². The fourth-order valence-corrected chi connectivity index (χ4v) is 4.50. The van der Waals surface area contributed by atoms with Crippen LogP contribution in [0.3, 0.4) is 0 Å². The third kappa shape index (κ3) is 2.57. The summed E-state index contributed by atoms with van der Waals surface area (Å²) in [7, 11) is 0. The number of hydrogen-bond acceptors (Lipinski definition) is 3. The van der Waals surface area contributed by atoms with Crippen molar-refractivity contribution in [2.75, 3.05) is 6.54 Å². The molecule has 1 amide bonds. The first-order valence-corrected chi connectivity index (χ1v) is 8.72. The van der Waals surface area contributed by atoms with E-state index in [1.165, 1.54) is 17.5 Å². The van der Waals surface area contributed by atoms with Crippen molar-refractivity contribution >= 4 is 17.2 Å². The summed E-state index contributed by atoms with van der Waals surface area (Å²) < 4.78 is 0. The molecule has 4 heteroatoms. The number of hydrogen-bond donors (Lipinski definition) is 2. The van der Waals surface area contributed by atoms with E-state index in [1.54, 1.807) is 11.3 Å². The number of thiophene rings is 1. The van der Waals surface area contributed by atoms with Gasteiger partial charge < -0.3 is 10.6 Å². The summed E-state index contributed by atoms with van der Waals surface area (Å²) in [6.07, 6.45) is 2.29. The number of piperidine rings is 1. The third-order valence-electron chi connectivity index (χ3n) is 4.85. The van der Waals surface area contributed by atoms with Gasteiger partial charge in [-0.15, -0.1) is 11.3 Å². The summed E-state index contributed by atoms with van der Waals surface area (Å²) in [5.74, 6) is 0.700. The van der Waals surface area contributed by atoms with E-state index >= 15 is 0 Å². The van der Waals surface area contributed by atoms with Crippen LogP contribution in [0, 0.1) is 12.8 Å². The van der Waals surface area contributed by atoms with Crippen molar-refractivity contribution in [1.29, 1.82) is 0 Å². The van der Waals surface area contributed by atoms with Crippen LogP contribution in [0.2, 0.25) is 0 Å². The van der Waals surface area contributed by atoms with Gasteiger partial charge in [0.05, 0.1) is 4.88 Å². The zero-order valence-corrected chi connectivity index (χ0v) is 13.5. The Bertz CT molecular complexity index is 691. The number of carbonyl (C=O) groups excluding carboxylic acids is 1. The molecule has 2 fully saturated rings. The molecule has 2 N–H and O–H groups in total. The van der Waals surface area contributed by atoms with E-state index in [9.17, 15) is 4.79 Å². The van der Waals surface area contributed by atoms with Gasteiger partial charge >= 0.3 is 0 Å². The van der Waals surface area contributed by atoms with E-state index in [0.29, 0.717) is 18.0 Å². The van der Waals surface area contributed by atoms with E-state index in [0.717, 1.165) is 22.7 Å². The Kier molecular flexibility index (Phi) is 3.51. The number of fused-ring (bicyclic) bond motifs is 2. The second-order valence-electron chi connectivity index (χ2n) is 6.45. The molecule has 3 nitrogen and oxygen atoms in total. The van der Waals surface area contributed by atoms with Crippen LogP contribution in [0.15, 0.2) is 36.4 Å². The van der Waals surface area contributed by atoms with E-state index in [4.69, 9.17) is 0 Å². The van der Waals surface area contributed by atoms with Crippen molar-refractivity contribution in [2.24, 2.45) is 5.92 Å². The summed E-state index contributed by atoms with van der Waals surface area (Å²) in [4.78, 5) is 14.4. The van der Waals surface area contributed by atoms with E-state index in [1.807, 2.05) is 12.1 Å². The van der Waals surface area contributed by atoms with E-state index < -0.39 is 0 Å². The molecule has 2 bridgehead atoms. The highest BCUT2D eigenvalue weighted by Crippen LogP contribution is 2.32. The van der Waals surface area contributed by atoms with Crippen molar-refractivity contribution < 1.29 is 4.79 Å². The van der Waals surface area contributed by atoms with Gasteiger partial charge in [0, 0.05) is 23.5 Å². The fourth-order valence-electron chi connectivity index (χ4n) is 3.58. The van der Waals surface area contributed by atoms with Crippen molar-refractivity contribution in [3.05, 3.63) is 46.8 Å². The molecule has 0 radical (unpaired) electrons. The second kappa shape index (κ2) is 5.52. The zero-order chi connectivity index (χ0) is 15.1. The molecule has 3 atom stereocenters. The molecule has 22 heavy (non-hydrogen) atoms. The summed E-state index contributed by atoms with van der Waals surface area (Å²) in [6.45, 7) is 3.13. The lowest BCUT2D eigenvalue weighted by Gasteiger charge is -2.23. The van der Waals surface area contributed by atoms with E-state index in [2.05, 4.69) is 41.8 Å². The Hall–Kier alpha value is -1.65. The van der Waals surface area contributed by atoms with Crippen molar-refractivity contribution in [1.82, 2.24) is 10.6 Å². The largest absolute Gasteiger partial charge is 0.348 e. The van der Waals surface area contributed by atoms with Crippen LogP contribution in [-0.2, 0) is 0 Å². The van der Waals surface area contributed by atoms with Crippen molar-refractivity contribution in [3.63, 3.8) is 0 Å². The SMILES string of the molecule is Cc1ccc(-c2ccc(C(=O)NC3CC4CC3CN4)s2)cc1. The average molecular weight is 312 g/mol. The van der Waals surface area contributed by atoms with Crippen LogP contribution in [0.25, 0.3) is 10.4 Å². The van der Waals surface area contributed by atoms with Crippen LogP contribution in [0.4, 0.5) is 0 Å².